The zero-order valence-electron chi connectivity index (χ0n) is 19.7. The van der Waals surface area contributed by atoms with E-state index in [1.165, 1.54) is 13.8 Å². The van der Waals surface area contributed by atoms with Gasteiger partial charge in [0, 0.05) is 31.1 Å². The van der Waals surface area contributed by atoms with E-state index in [4.69, 9.17) is 9.47 Å². The molecule has 0 bridgehead atoms. The van der Waals surface area contributed by atoms with Gasteiger partial charge in [-0.3, -0.25) is 14.4 Å². The quantitative estimate of drug-likeness (QED) is 0.653. The third-order valence-corrected chi connectivity index (χ3v) is 9.80. The van der Waals surface area contributed by atoms with E-state index in [1.54, 1.807) is 0 Å². The van der Waals surface area contributed by atoms with Gasteiger partial charge in [-0.2, -0.15) is 0 Å². The van der Waals surface area contributed by atoms with Crippen molar-refractivity contribution in [2.24, 2.45) is 34.5 Å². The predicted octanol–water partition coefficient (Wildman–Crippen LogP) is 3.77. The van der Waals surface area contributed by atoms with Crippen LogP contribution in [0.5, 0.6) is 0 Å². The Morgan fingerprint density at radius 3 is 2.34 bits per heavy atom. The van der Waals surface area contributed by atoms with Crippen molar-refractivity contribution in [1.82, 2.24) is 0 Å². The second-order valence-corrected chi connectivity index (χ2v) is 11.3. The number of hydrogen-bond acceptors (Lipinski definition) is 6. The van der Waals surface area contributed by atoms with Crippen molar-refractivity contribution < 1.29 is 33.4 Å². The smallest absolute Gasteiger partial charge is 0.303 e. The molecule has 0 aliphatic heterocycles. The summed E-state index contributed by atoms with van der Waals surface area (Å²) in [4.78, 5) is 36.3. The molecular formula is C25H37FO6. The van der Waals surface area contributed by atoms with Crippen LogP contribution in [-0.2, 0) is 23.9 Å². The average molecular weight is 453 g/mol. The van der Waals surface area contributed by atoms with Gasteiger partial charge in [0.2, 0.25) is 0 Å². The molecule has 6 nitrogen and oxygen atoms in total. The first kappa shape index (κ1) is 23.7. The summed E-state index contributed by atoms with van der Waals surface area (Å²) in [7, 11) is 0. The highest BCUT2D eigenvalue weighted by molar-refractivity contribution is 5.85. The van der Waals surface area contributed by atoms with E-state index in [0.717, 1.165) is 12.8 Å². The number of carbonyl (C=O) groups is 3. The van der Waals surface area contributed by atoms with Crippen LogP contribution < -0.4 is 0 Å². The minimum atomic E-state index is -1.68. The van der Waals surface area contributed by atoms with Crippen molar-refractivity contribution in [2.75, 3.05) is 6.61 Å². The van der Waals surface area contributed by atoms with Gasteiger partial charge in [0.1, 0.15) is 12.7 Å². The van der Waals surface area contributed by atoms with Crippen LogP contribution in [0.2, 0.25) is 0 Å². The standard InChI is InChI=1S/C25H37FO6/c1-14(27)31-13-21(30)20-8-7-18-19-6-5-16-11-17(29)9-10-24(16,4)25(19,26)22(32-15(2)28)12-23(18,20)3/h16-20,22,29H,5-13H2,1-4H3/t16-,17+,18-,19-,20+,22+,23-,24-,25-/m0/s1. The third-order valence-electron chi connectivity index (χ3n) is 9.80. The summed E-state index contributed by atoms with van der Waals surface area (Å²) in [6, 6.07) is 0. The highest BCUT2D eigenvalue weighted by Gasteiger charge is 2.73. The normalized spacial score (nSPS) is 47.6. The predicted molar refractivity (Wildman–Crippen MR) is 114 cm³/mol. The maximum atomic E-state index is 17.6. The van der Waals surface area contributed by atoms with E-state index in [-0.39, 0.29) is 36.1 Å². The Balaban J connectivity index is 1.70. The number of ether oxygens (including phenoxy) is 2. The number of esters is 2. The van der Waals surface area contributed by atoms with E-state index in [9.17, 15) is 19.5 Å². The fraction of sp³-hybridized carbons (Fsp3) is 0.880. The van der Waals surface area contributed by atoms with Crippen LogP contribution in [0.3, 0.4) is 0 Å². The van der Waals surface area contributed by atoms with Crippen LogP contribution in [0.4, 0.5) is 4.39 Å². The van der Waals surface area contributed by atoms with Crippen LogP contribution in [0, 0.1) is 34.5 Å². The van der Waals surface area contributed by atoms with Crippen molar-refractivity contribution in [3.63, 3.8) is 0 Å². The molecule has 0 heterocycles. The van der Waals surface area contributed by atoms with Gasteiger partial charge in [-0.1, -0.05) is 13.8 Å². The van der Waals surface area contributed by atoms with Crippen molar-refractivity contribution in [3.05, 3.63) is 0 Å². The van der Waals surface area contributed by atoms with Gasteiger partial charge in [-0.05, 0) is 68.6 Å². The summed E-state index contributed by atoms with van der Waals surface area (Å²) >= 11 is 0. The van der Waals surface area contributed by atoms with Crippen LogP contribution in [0.25, 0.3) is 0 Å². The van der Waals surface area contributed by atoms with Crippen LogP contribution in [-0.4, -0.2) is 47.3 Å². The van der Waals surface area contributed by atoms with Gasteiger partial charge in [0.15, 0.2) is 11.5 Å². The molecule has 0 radical (unpaired) electrons. The zero-order chi connectivity index (χ0) is 23.5. The first-order chi connectivity index (χ1) is 14.9. The molecule has 4 aliphatic carbocycles. The number of aliphatic hydroxyl groups excluding tert-OH is 1. The number of Topliss-reactive ketones (excluding diaryl/α,β-unsaturated/α-hetero) is 1. The summed E-state index contributed by atoms with van der Waals surface area (Å²) in [5.74, 6) is -1.70. The Morgan fingerprint density at radius 2 is 1.69 bits per heavy atom. The molecular weight excluding hydrogens is 415 g/mol. The Morgan fingerprint density at radius 1 is 1.00 bits per heavy atom. The largest absolute Gasteiger partial charge is 0.459 e. The van der Waals surface area contributed by atoms with Gasteiger partial charge in [-0.25, -0.2) is 4.39 Å². The van der Waals surface area contributed by atoms with Crippen LogP contribution in [0.15, 0.2) is 0 Å². The Labute approximate surface area is 189 Å². The summed E-state index contributed by atoms with van der Waals surface area (Å²) in [6.07, 6.45) is 3.60. The number of aliphatic hydroxyl groups is 1. The van der Waals surface area contributed by atoms with Gasteiger partial charge >= 0.3 is 11.9 Å². The van der Waals surface area contributed by atoms with Crippen molar-refractivity contribution >= 4 is 17.7 Å². The lowest BCUT2D eigenvalue weighted by molar-refractivity contribution is -0.255. The molecule has 7 heteroatoms. The average Bonchev–Trinajstić information content (AvgIpc) is 3.04. The monoisotopic (exact) mass is 452 g/mol. The molecule has 0 amide bonds. The molecule has 0 unspecified atom stereocenters. The van der Waals surface area contributed by atoms with Crippen LogP contribution in [0.1, 0.15) is 79.1 Å². The minimum Gasteiger partial charge on any atom is -0.459 e. The summed E-state index contributed by atoms with van der Waals surface area (Å²) in [6.45, 7) is 6.37. The van der Waals surface area contributed by atoms with Gasteiger partial charge in [-0.15, -0.1) is 0 Å². The van der Waals surface area contributed by atoms with E-state index in [1.807, 2.05) is 13.8 Å². The molecule has 9 atom stereocenters. The second-order valence-electron chi connectivity index (χ2n) is 11.3. The molecule has 0 spiro atoms. The molecule has 0 aromatic carbocycles. The lowest BCUT2D eigenvalue weighted by atomic mass is 9.42. The van der Waals surface area contributed by atoms with Crippen molar-refractivity contribution in [1.29, 1.82) is 0 Å². The van der Waals surface area contributed by atoms with E-state index < -0.39 is 40.6 Å². The lowest BCUT2D eigenvalue weighted by Crippen LogP contribution is -2.70. The fourth-order valence-corrected chi connectivity index (χ4v) is 8.33. The highest BCUT2D eigenvalue weighted by atomic mass is 19.1. The molecule has 0 saturated heterocycles. The second kappa shape index (κ2) is 8.07. The Kier molecular flexibility index (Phi) is 5.96. The number of halogens is 1. The number of fused-ring (bicyclic) bond motifs is 5. The molecule has 1 N–H and O–H groups in total. The molecule has 4 aliphatic rings. The number of rotatable bonds is 4. The van der Waals surface area contributed by atoms with Crippen molar-refractivity contribution in [2.45, 2.75) is 96.9 Å². The molecule has 4 fully saturated rings. The SMILES string of the molecule is CC(=O)OCC(=O)[C@H]1CC[C@H]2[C@@H]3CC[C@H]4C[C@H](O)CC[C@]4(C)[C@@]3(F)[C@H](OC(C)=O)C[C@]12C. The van der Waals surface area contributed by atoms with Crippen LogP contribution >= 0.6 is 0 Å². The maximum absolute atomic E-state index is 17.6. The molecule has 4 rings (SSSR count). The molecule has 32 heavy (non-hydrogen) atoms. The molecule has 0 aromatic rings. The highest BCUT2D eigenvalue weighted by Crippen LogP contribution is 2.70. The molecule has 4 saturated carbocycles. The van der Waals surface area contributed by atoms with Gasteiger partial charge < -0.3 is 14.6 Å². The topological polar surface area (TPSA) is 89.9 Å². The third kappa shape index (κ3) is 3.41. The number of carbonyl (C=O) groups excluding carboxylic acids is 3. The first-order valence-corrected chi connectivity index (χ1v) is 12.1. The number of alkyl halides is 1. The summed E-state index contributed by atoms with van der Waals surface area (Å²) < 4.78 is 28.3. The summed E-state index contributed by atoms with van der Waals surface area (Å²) in [5, 5.41) is 10.2. The van der Waals surface area contributed by atoms with Crippen molar-refractivity contribution in [3.8, 4) is 0 Å². The zero-order valence-corrected chi connectivity index (χ0v) is 19.7. The number of ketones is 1. The number of hydrogen-bond donors (Lipinski definition) is 1. The molecule has 180 valence electrons. The lowest BCUT2D eigenvalue weighted by Gasteiger charge is -2.65. The van der Waals surface area contributed by atoms with E-state index in [2.05, 4.69) is 0 Å². The Bertz CT molecular complexity index is 799. The van der Waals surface area contributed by atoms with Gasteiger partial charge in [0.25, 0.3) is 0 Å². The van der Waals surface area contributed by atoms with Gasteiger partial charge in [0.05, 0.1) is 6.10 Å². The Hall–Kier alpha value is -1.50. The first-order valence-electron chi connectivity index (χ1n) is 12.1. The minimum absolute atomic E-state index is 0.00945. The maximum Gasteiger partial charge on any atom is 0.303 e. The van der Waals surface area contributed by atoms with E-state index in [0.29, 0.717) is 38.5 Å². The molecule has 0 aromatic heterocycles. The fourth-order valence-electron chi connectivity index (χ4n) is 8.33. The summed E-state index contributed by atoms with van der Waals surface area (Å²) in [5.41, 5.74) is -2.86. The van der Waals surface area contributed by atoms with E-state index >= 15 is 4.39 Å².